The van der Waals surface area contributed by atoms with Crippen LogP contribution in [0.1, 0.15) is 26.2 Å². The molecule has 1 aliphatic heterocycles. The number of carbonyl (C=O) groups is 1. The maximum atomic E-state index is 13.0. The second kappa shape index (κ2) is 8.58. The number of hydrogen-bond donors (Lipinski definition) is 0. The van der Waals surface area contributed by atoms with Gasteiger partial charge in [0.1, 0.15) is 5.75 Å². The van der Waals surface area contributed by atoms with Crippen molar-refractivity contribution in [2.75, 3.05) is 24.4 Å². The molecule has 1 aromatic heterocycles. The Balaban J connectivity index is 1.46. The van der Waals surface area contributed by atoms with Gasteiger partial charge in [-0.25, -0.2) is 8.42 Å². The molecule has 1 amide bonds. The molecule has 2 fully saturated rings. The lowest BCUT2D eigenvalue weighted by Gasteiger charge is -2.28. The molecule has 0 bridgehead atoms. The van der Waals surface area contributed by atoms with Crippen LogP contribution in [0.25, 0.3) is 11.4 Å². The van der Waals surface area contributed by atoms with Gasteiger partial charge in [0.2, 0.25) is 5.91 Å². The standard InChI is InChI=1S/C20H26N4O4S2/c1-3-23-19(14-4-8-17(28-2)9-5-14)21-22-20(23)29-12-18(25)24(15-6-7-15)16-10-11-30(26,27)13-16/h4-5,8-9,15-16H,3,6-7,10-13H2,1-2H3. The van der Waals surface area contributed by atoms with Crippen LogP contribution >= 0.6 is 11.8 Å². The molecule has 1 aliphatic carbocycles. The van der Waals surface area contributed by atoms with E-state index in [9.17, 15) is 13.2 Å². The fourth-order valence-corrected chi connectivity index (χ4v) is 6.47. The molecular weight excluding hydrogens is 424 g/mol. The van der Waals surface area contributed by atoms with Crippen LogP contribution in [0.15, 0.2) is 29.4 Å². The van der Waals surface area contributed by atoms with E-state index in [1.165, 1.54) is 11.8 Å². The lowest BCUT2D eigenvalue weighted by atomic mass is 10.2. The molecule has 4 rings (SSSR count). The number of rotatable bonds is 8. The number of aromatic nitrogens is 3. The predicted octanol–water partition coefficient (Wildman–Crippen LogP) is 2.24. The maximum absolute atomic E-state index is 13.0. The highest BCUT2D eigenvalue weighted by molar-refractivity contribution is 7.99. The molecule has 8 nitrogen and oxygen atoms in total. The van der Waals surface area contributed by atoms with Crippen LogP contribution in [0.2, 0.25) is 0 Å². The minimum atomic E-state index is -3.03. The first-order valence-corrected chi connectivity index (χ1v) is 12.9. The van der Waals surface area contributed by atoms with Crippen molar-refractivity contribution in [1.82, 2.24) is 19.7 Å². The van der Waals surface area contributed by atoms with Crippen molar-refractivity contribution in [2.45, 2.75) is 50.0 Å². The average Bonchev–Trinajstić information content (AvgIpc) is 3.38. The van der Waals surface area contributed by atoms with Crippen LogP contribution in [-0.2, 0) is 21.2 Å². The number of hydrogen-bond acceptors (Lipinski definition) is 7. The highest BCUT2D eigenvalue weighted by Crippen LogP contribution is 2.33. The van der Waals surface area contributed by atoms with Gasteiger partial charge >= 0.3 is 0 Å². The molecule has 2 heterocycles. The topological polar surface area (TPSA) is 94.4 Å². The van der Waals surface area contributed by atoms with Gasteiger partial charge in [-0.3, -0.25) is 4.79 Å². The number of amides is 1. The van der Waals surface area contributed by atoms with E-state index >= 15 is 0 Å². The van der Waals surface area contributed by atoms with E-state index < -0.39 is 9.84 Å². The molecule has 1 unspecified atom stereocenters. The van der Waals surface area contributed by atoms with Crippen molar-refractivity contribution in [3.8, 4) is 17.1 Å². The van der Waals surface area contributed by atoms with Crippen molar-refractivity contribution in [1.29, 1.82) is 0 Å². The molecule has 1 atom stereocenters. The second-order valence-corrected chi connectivity index (χ2v) is 10.8. The molecular formula is C20H26N4O4S2. The fraction of sp³-hybridized carbons (Fsp3) is 0.550. The van der Waals surface area contributed by atoms with Crippen molar-refractivity contribution in [3.05, 3.63) is 24.3 Å². The number of benzene rings is 1. The van der Waals surface area contributed by atoms with E-state index in [1.54, 1.807) is 7.11 Å². The quantitative estimate of drug-likeness (QED) is 0.569. The number of nitrogens with zero attached hydrogens (tertiary/aromatic N) is 4. The number of carbonyl (C=O) groups excluding carboxylic acids is 1. The Morgan fingerprint density at radius 2 is 1.93 bits per heavy atom. The van der Waals surface area contributed by atoms with Gasteiger partial charge in [-0.2, -0.15) is 0 Å². The zero-order valence-corrected chi connectivity index (χ0v) is 18.8. The Morgan fingerprint density at radius 1 is 1.20 bits per heavy atom. The SMILES string of the molecule is CCn1c(SCC(=O)N(C2CC2)C2CCS(=O)(=O)C2)nnc1-c1ccc(OC)cc1. The van der Waals surface area contributed by atoms with Gasteiger partial charge in [-0.1, -0.05) is 11.8 Å². The summed E-state index contributed by atoms with van der Waals surface area (Å²) in [5, 5.41) is 9.31. The molecule has 162 valence electrons. The van der Waals surface area contributed by atoms with Gasteiger partial charge < -0.3 is 14.2 Å². The zero-order chi connectivity index (χ0) is 21.3. The van der Waals surface area contributed by atoms with Crippen molar-refractivity contribution >= 4 is 27.5 Å². The Kier molecular flexibility index (Phi) is 6.06. The highest BCUT2D eigenvalue weighted by Gasteiger charge is 2.42. The van der Waals surface area contributed by atoms with Crippen LogP contribution in [0.5, 0.6) is 5.75 Å². The molecule has 30 heavy (non-hydrogen) atoms. The number of sulfone groups is 1. The van der Waals surface area contributed by atoms with Crippen molar-refractivity contribution in [3.63, 3.8) is 0 Å². The Morgan fingerprint density at radius 3 is 2.50 bits per heavy atom. The van der Waals surface area contributed by atoms with E-state index in [1.807, 2.05) is 40.7 Å². The van der Waals surface area contributed by atoms with Crippen LogP contribution in [0.4, 0.5) is 0 Å². The third-order valence-corrected chi connectivity index (χ3v) is 8.24. The Bertz CT molecular complexity index is 1020. The summed E-state index contributed by atoms with van der Waals surface area (Å²) in [5.74, 6) is 2.00. The Labute approximate surface area is 180 Å². The van der Waals surface area contributed by atoms with E-state index in [0.29, 0.717) is 18.1 Å². The summed E-state index contributed by atoms with van der Waals surface area (Å²) in [6, 6.07) is 7.63. The van der Waals surface area contributed by atoms with E-state index in [4.69, 9.17) is 4.74 Å². The van der Waals surface area contributed by atoms with Gasteiger partial charge in [0.15, 0.2) is 20.8 Å². The lowest BCUT2D eigenvalue weighted by Crippen LogP contribution is -2.43. The highest BCUT2D eigenvalue weighted by atomic mass is 32.2. The Hall–Kier alpha value is -2.07. The average molecular weight is 451 g/mol. The first-order valence-electron chi connectivity index (χ1n) is 10.1. The van der Waals surface area contributed by atoms with Gasteiger partial charge in [0.05, 0.1) is 24.4 Å². The summed E-state index contributed by atoms with van der Waals surface area (Å²) in [7, 11) is -1.40. The zero-order valence-electron chi connectivity index (χ0n) is 17.2. The summed E-state index contributed by atoms with van der Waals surface area (Å²) in [6.45, 7) is 2.69. The minimum Gasteiger partial charge on any atom is -0.497 e. The molecule has 1 saturated heterocycles. The first kappa shape index (κ1) is 21.2. The molecule has 10 heteroatoms. The number of thioether (sulfide) groups is 1. The molecule has 0 spiro atoms. The van der Waals surface area contributed by atoms with Crippen LogP contribution in [0, 0.1) is 0 Å². The second-order valence-electron chi connectivity index (χ2n) is 7.66. The van der Waals surface area contributed by atoms with Gasteiger partial charge in [-0.15, -0.1) is 10.2 Å². The molecule has 2 aromatic rings. The summed E-state index contributed by atoms with van der Waals surface area (Å²) in [5.41, 5.74) is 0.930. The number of ether oxygens (including phenoxy) is 1. The third kappa shape index (κ3) is 4.49. The molecule has 0 N–H and O–H groups in total. The van der Waals surface area contributed by atoms with Crippen molar-refractivity contribution < 1.29 is 17.9 Å². The van der Waals surface area contributed by atoms with Gasteiger partial charge in [0.25, 0.3) is 0 Å². The smallest absolute Gasteiger partial charge is 0.233 e. The van der Waals surface area contributed by atoms with Gasteiger partial charge in [-0.05, 0) is 50.5 Å². The fourth-order valence-electron chi connectivity index (χ4n) is 3.89. The summed E-state index contributed by atoms with van der Waals surface area (Å²) >= 11 is 1.36. The van der Waals surface area contributed by atoms with E-state index in [2.05, 4.69) is 10.2 Å². The molecule has 0 radical (unpaired) electrons. The normalized spacial score (nSPS) is 20.3. The lowest BCUT2D eigenvalue weighted by molar-refractivity contribution is -0.130. The predicted molar refractivity (Wildman–Crippen MR) is 115 cm³/mol. The molecule has 1 saturated carbocycles. The summed E-state index contributed by atoms with van der Waals surface area (Å²) in [4.78, 5) is 14.8. The monoisotopic (exact) mass is 450 g/mol. The van der Waals surface area contributed by atoms with Crippen LogP contribution in [-0.4, -0.2) is 70.4 Å². The summed E-state index contributed by atoms with van der Waals surface area (Å²) in [6.07, 6.45) is 2.46. The van der Waals surface area contributed by atoms with Crippen molar-refractivity contribution in [2.24, 2.45) is 0 Å². The summed E-state index contributed by atoms with van der Waals surface area (Å²) < 4.78 is 31.0. The van der Waals surface area contributed by atoms with E-state index in [0.717, 1.165) is 30.0 Å². The third-order valence-electron chi connectivity index (χ3n) is 5.54. The number of methoxy groups -OCH3 is 1. The largest absolute Gasteiger partial charge is 0.497 e. The molecule has 2 aliphatic rings. The van der Waals surface area contributed by atoms with Crippen LogP contribution in [0.3, 0.4) is 0 Å². The van der Waals surface area contributed by atoms with E-state index in [-0.39, 0.29) is 35.2 Å². The first-order chi connectivity index (χ1) is 14.4. The molecule has 1 aromatic carbocycles. The minimum absolute atomic E-state index is 0.0127. The van der Waals surface area contributed by atoms with Gasteiger partial charge in [0, 0.05) is 24.2 Å². The maximum Gasteiger partial charge on any atom is 0.233 e. The van der Waals surface area contributed by atoms with Crippen LogP contribution < -0.4 is 4.74 Å².